The van der Waals surface area contributed by atoms with Crippen LogP contribution in [-0.2, 0) is 21.3 Å². The zero-order valence-corrected chi connectivity index (χ0v) is 14.8. The molecular formula is C16H21N5O3S. The van der Waals surface area contributed by atoms with Crippen molar-refractivity contribution in [1.29, 1.82) is 0 Å². The molecule has 0 amide bonds. The van der Waals surface area contributed by atoms with Crippen LogP contribution < -0.4 is 15.4 Å². The summed E-state index contributed by atoms with van der Waals surface area (Å²) in [7, 11) is -3.67. The van der Waals surface area contributed by atoms with Gasteiger partial charge in [0.05, 0.1) is 18.1 Å². The van der Waals surface area contributed by atoms with E-state index in [0.29, 0.717) is 25.7 Å². The topological polar surface area (TPSA) is 110 Å². The van der Waals surface area contributed by atoms with E-state index in [4.69, 9.17) is 9.88 Å². The van der Waals surface area contributed by atoms with Gasteiger partial charge in [-0.2, -0.15) is 4.98 Å². The van der Waals surface area contributed by atoms with E-state index in [1.54, 1.807) is 12.1 Å². The number of primary sulfonamides is 1. The first-order valence-corrected chi connectivity index (χ1v) is 9.50. The summed E-state index contributed by atoms with van der Waals surface area (Å²) in [5, 5.41) is 8.35. The maximum atomic E-state index is 11.3. The van der Waals surface area contributed by atoms with E-state index in [9.17, 15) is 8.42 Å². The van der Waals surface area contributed by atoms with Gasteiger partial charge >= 0.3 is 0 Å². The number of nitrogens with zero attached hydrogens (tertiary/aromatic N) is 3. The van der Waals surface area contributed by atoms with Crippen LogP contribution in [0.25, 0.3) is 0 Å². The molecule has 1 saturated heterocycles. The van der Waals surface area contributed by atoms with E-state index in [-0.39, 0.29) is 4.90 Å². The second-order valence-corrected chi connectivity index (χ2v) is 7.40. The van der Waals surface area contributed by atoms with E-state index >= 15 is 0 Å². The number of ether oxygens (including phenoxy) is 1. The van der Waals surface area contributed by atoms with Gasteiger partial charge in [-0.3, -0.25) is 0 Å². The molecule has 0 radical (unpaired) electrons. The van der Waals surface area contributed by atoms with Crippen molar-refractivity contribution < 1.29 is 13.2 Å². The van der Waals surface area contributed by atoms with Gasteiger partial charge in [-0.1, -0.05) is 12.1 Å². The normalized spacial score (nSPS) is 15.2. The predicted molar refractivity (Wildman–Crippen MR) is 94.9 cm³/mol. The minimum absolute atomic E-state index is 0.101. The molecule has 0 unspecified atom stereocenters. The summed E-state index contributed by atoms with van der Waals surface area (Å²) >= 11 is 0. The van der Waals surface area contributed by atoms with Gasteiger partial charge in [0, 0.05) is 31.4 Å². The van der Waals surface area contributed by atoms with Crippen molar-refractivity contribution in [2.75, 3.05) is 36.5 Å². The van der Waals surface area contributed by atoms with E-state index in [1.807, 2.05) is 13.0 Å². The largest absolute Gasteiger partial charge is 0.378 e. The number of nitrogens with two attached hydrogens (primary N) is 1. The van der Waals surface area contributed by atoms with Gasteiger partial charge in [0.15, 0.2) is 0 Å². The average molecular weight is 363 g/mol. The van der Waals surface area contributed by atoms with Crippen LogP contribution in [0.4, 0.5) is 11.8 Å². The molecular weight excluding hydrogens is 342 g/mol. The van der Waals surface area contributed by atoms with Gasteiger partial charge in [-0.15, -0.1) is 0 Å². The highest BCUT2D eigenvalue weighted by Gasteiger charge is 2.15. The van der Waals surface area contributed by atoms with E-state index in [2.05, 4.69) is 20.2 Å². The lowest BCUT2D eigenvalue weighted by Crippen LogP contribution is -2.37. The highest BCUT2D eigenvalue weighted by Crippen LogP contribution is 2.16. The number of hydrogen-bond acceptors (Lipinski definition) is 7. The molecule has 0 bridgehead atoms. The highest BCUT2D eigenvalue weighted by atomic mass is 32.2. The summed E-state index contributed by atoms with van der Waals surface area (Å²) in [5.74, 6) is 1.42. The van der Waals surface area contributed by atoms with Gasteiger partial charge in [0.25, 0.3) is 0 Å². The molecule has 1 aromatic heterocycles. The molecule has 1 fully saturated rings. The number of aromatic nitrogens is 2. The zero-order chi connectivity index (χ0) is 17.9. The van der Waals surface area contributed by atoms with Crippen molar-refractivity contribution in [3.05, 3.63) is 41.6 Å². The molecule has 1 aromatic carbocycles. The van der Waals surface area contributed by atoms with Crippen LogP contribution in [0.2, 0.25) is 0 Å². The van der Waals surface area contributed by atoms with Crippen molar-refractivity contribution in [1.82, 2.24) is 9.97 Å². The van der Waals surface area contributed by atoms with Crippen LogP contribution in [0, 0.1) is 6.92 Å². The number of anilines is 2. The van der Waals surface area contributed by atoms with Gasteiger partial charge in [0.1, 0.15) is 5.82 Å². The fourth-order valence-corrected chi connectivity index (χ4v) is 3.05. The first-order valence-electron chi connectivity index (χ1n) is 7.96. The smallest absolute Gasteiger partial charge is 0.238 e. The monoisotopic (exact) mass is 363 g/mol. The molecule has 1 aliphatic rings. The number of sulfonamides is 1. The van der Waals surface area contributed by atoms with Crippen LogP contribution in [0.5, 0.6) is 0 Å². The summed E-state index contributed by atoms with van der Waals surface area (Å²) in [6.07, 6.45) is 0. The van der Waals surface area contributed by atoms with Crippen LogP contribution in [0.1, 0.15) is 11.3 Å². The molecule has 9 heteroatoms. The molecule has 134 valence electrons. The third kappa shape index (κ3) is 4.65. The number of hydrogen-bond donors (Lipinski definition) is 2. The van der Waals surface area contributed by atoms with E-state index in [1.165, 1.54) is 12.1 Å². The summed E-state index contributed by atoms with van der Waals surface area (Å²) < 4.78 is 27.9. The molecule has 0 atom stereocenters. The zero-order valence-electron chi connectivity index (χ0n) is 14.0. The molecule has 0 aliphatic carbocycles. The molecule has 3 rings (SSSR count). The summed E-state index contributed by atoms with van der Waals surface area (Å²) in [6.45, 7) is 5.35. The molecule has 1 aliphatic heterocycles. The molecule has 0 saturated carbocycles. The lowest BCUT2D eigenvalue weighted by Gasteiger charge is -2.27. The Labute approximate surface area is 147 Å². The first kappa shape index (κ1) is 17.6. The minimum atomic E-state index is -3.67. The Kier molecular flexibility index (Phi) is 5.16. The maximum absolute atomic E-state index is 11.3. The fourth-order valence-electron chi connectivity index (χ4n) is 2.54. The number of morpholine rings is 1. The lowest BCUT2D eigenvalue weighted by atomic mass is 10.2. The van der Waals surface area contributed by atoms with Crippen molar-refractivity contribution >= 4 is 21.8 Å². The van der Waals surface area contributed by atoms with E-state index in [0.717, 1.165) is 30.2 Å². The Morgan fingerprint density at radius 2 is 1.88 bits per heavy atom. The SMILES string of the molecule is Cc1cc(NCc2ccc(S(N)(=O)=O)cc2)nc(N2CCOCC2)n1. The van der Waals surface area contributed by atoms with Crippen molar-refractivity contribution in [2.24, 2.45) is 5.14 Å². The third-order valence-corrected chi connectivity index (χ3v) is 4.79. The van der Waals surface area contributed by atoms with Gasteiger partial charge in [-0.25, -0.2) is 18.5 Å². The Morgan fingerprint density at radius 3 is 2.52 bits per heavy atom. The lowest BCUT2D eigenvalue weighted by molar-refractivity contribution is 0.122. The van der Waals surface area contributed by atoms with E-state index < -0.39 is 10.0 Å². The molecule has 25 heavy (non-hydrogen) atoms. The molecule has 2 heterocycles. The number of aryl methyl sites for hydroxylation is 1. The highest BCUT2D eigenvalue weighted by molar-refractivity contribution is 7.89. The van der Waals surface area contributed by atoms with Crippen molar-refractivity contribution in [3.8, 4) is 0 Å². The predicted octanol–water partition coefficient (Wildman–Crippen LogP) is 0.881. The quantitative estimate of drug-likeness (QED) is 0.811. The van der Waals surface area contributed by atoms with Crippen LogP contribution >= 0.6 is 0 Å². The Balaban J connectivity index is 1.69. The Hall–Kier alpha value is -2.23. The Morgan fingerprint density at radius 1 is 1.20 bits per heavy atom. The maximum Gasteiger partial charge on any atom is 0.238 e. The van der Waals surface area contributed by atoms with Crippen LogP contribution in [-0.4, -0.2) is 44.7 Å². The van der Waals surface area contributed by atoms with Crippen LogP contribution in [0.3, 0.4) is 0 Å². The van der Waals surface area contributed by atoms with Crippen molar-refractivity contribution in [2.45, 2.75) is 18.4 Å². The minimum Gasteiger partial charge on any atom is -0.378 e. The number of rotatable bonds is 5. The third-order valence-electron chi connectivity index (χ3n) is 3.86. The van der Waals surface area contributed by atoms with Gasteiger partial charge in [-0.05, 0) is 24.6 Å². The summed E-state index contributed by atoms with van der Waals surface area (Å²) in [4.78, 5) is 11.3. The molecule has 2 aromatic rings. The number of benzene rings is 1. The van der Waals surface area contributed by atoms with Crippen molar-refractivity contribution in [3.63, 3.8) is 0 Å². The fraction of sp³-hybridized carbons (Fsp3) is 0.375. The summed E-state index contributed by atoms with van der Waals surface area (Å²) in [6, 6.07) is 8.32. The molecule has 0 spiro atoms. The second kappa shape index (κ2) is 7.34. The number of nitrogens with one attached hydrogen (secondary N) is 1. The standard InChI is InChI=1S/C16H21N5O3S/c1-12-10-15(20-16(19-12)21-6-8-24-9-7-21)18-11-13-2-4-14(5-3-13)25(17,22)23/h2-5,10H,6-9,11H2,1H3,(H2,17,22,23)(H,18,19,20). The Bertz CT molecular complexity index is 833. The summed E-state index contributed by atoms with van der Waals surface area (Å²) in [5.41, 5.74) is 1.81. The van der Waals surface area contributed by atoms with Gasteiger partial charge < -0.3 is 15.0 Å². The second-order valence-electron chi connectivity index (χ2n) is 5.84. The molecule has 3 N–H and O–H groups in total. The average Bonchev–Trinajstić information content (AvgIpc) is 2.60. The molecule has 8 nitrogen and oxygen atoms in total. The van der Waals surface area contributed by atoms with Crippen LogP contribution in [0.15, 0.2) is 35.2 Å². The first-order chi connectivity index (χ1) is 11.9. The van der Waals surface area contributed by atoms with Gasteiger partial charge in [0.2, 0.25) is 16.0 Å².